The van der Waals surface area contributed by atoms with Crippen molar-refractivity contribution in [2.45, 2.75) is 81.1 Å². The zero-order valence-corrected chi connectivity index (χ0v) is 24.7. The molecule has 228 valence electrons. The van der Waals surface area contributed by atoms with Gasteiger partial charge in [-0.3, -0.25) is 19.0 Å². The van der Waals surface area contributed by atoms with E-state index in [0.29, 0.717) is 29.0 Å². The number of halogens is 1. The summed E-state index contributed by atoms with van der Waals surface area (Å²) in [4.78, 5) is 17.4. The molecule has 0 radical (unpaired) electrons. The molecule has 1 aromatic carbocycles. The maximum atomic E-state index is 14.2. The van der Waals surface area contributed by atoms with Gasteiger partial charge < -0.3 is 28.9 Å². The number of rotatable bonds is 11. The highest BCUT2D eigenvalue weighted by Gasteiger charge is 2.58. The van der Waals surface area contributed by atoms with E-state index < -0.39 is 49.9 Å². The Balaban J connectivity index is 1.20. The van der Waals surface area contributed by atoms with Crippen molar-refractivity contribution in [3.05, 3.63) is 35.6 Å². The highest BCUT2D eigenvalue weighted by molar-refractivity contribution is 7.52. The number of fused-ring (bicyclic) bond motifs is 1. The van der Waals surface area contributed by atoms with Gasteiger partial charge in [0, 0.05) is 5.02 Å². The third-order valence-electron chi connectivity index (χ3n) is 7.98. The number of hydrogen-bond acceptors (Lipinski definition) is 11. The van der Waals surface area contributed by atoms with Crippen LogP contribution in [0.5, 0.6) is 11.6 Å². The summed E-state index contributed by atoms with van der Waals surface area (Å²) >= 11 is 5.99. The Labute approximate surface area is 246 Å². The molecule has 3 unspecified atom stereocenters. The van der Waals surface area contributed by atoms with E-state index in [1.165, 1.54) is 37.1 Å². The summed E-state index contributed by atoms with van der Waals surface area (Å²) in [5.41, 5.74) is -2.22. The van der Waals surface area contributed by atoms with Crippen LogP contribution >= 0.6 is 19.3 Å². The van der Waals surface area contributed by atoms with E-state index in [9.17, 15) is 19.6 Å². The zero-order valence-electron chi connectivity index (χ0n) is 23.1. The quantitative estimate of drug-likeness (QED) is 0.181. The summed E-state index contributed by atoms with van der Waals surface area (Å²) in [6.45, 7) is 0.950. The summed E-state index contributed by atoms with van der Waals surface area (Å²) < 4.78 is 44.1. The van der Waals surface area contributed by atoms with Crippen molar-refractivity contribution in [1.29, 1.82) is 0 Å². The van der Waals surface area contributed by atoms with Gasteiger partial charge in [-0.05, 0) is 69.7 Å². The molecule has 2 aromatic heterocycles. The van der Waals surface area contributed by atoms with Gasteiger partial charge in [0.15, 0.2) is 17.4 Å². The van der Waals surface area contributed by atoms with Gasteiger partial charge >= 0.3 is 13.7 Å². The lowest BCUT2D eigenvalue weighted by molar-refractivity contribution is -0.152. The average molecular weight is 626 g/mol. The van der Waals surface area contributed by atoms with E-state index in [1.807, 2.05) is 0 Å². The molecule has 3 aromatic rings. The van der Waals surface area contributed by atoms with E-state index in [2.05, 4.69) is 20.3 Å². The van der Waals surface area contributed by atoms with E-state index in [-0.39, 0.29) is 17.7 Å². The molecule has 14 nitrogen and oxygen atoms in total. The number of nitrogens with one attached hydrogen (secondary N) is 2. The number of esters is 1. The average Bonchev–Trinajstić information content (AvgIpc) is 3.30. The standard InChI is InChI=1S/C26H33ClN5O9P/c1-25(35)20(33)18(40-23(25)32-14-28-19-21(32)29-30-22(19)37-2)13-38-42(36,41-17-9-7-15(27)8-10-17)31-26(11-12-26)24(34)39-16-5-3-4-6-16/h7-10,14,16,18,20,23,33,35H,3-6,11-13H2,1-2H3,(H,29,30)(H,31,36)/t18?,20-,23?,25-,42?/m1/s1. The van der Waals surface area contributed by atoms with Crippen LogP contribution in [-0.4, -0.2) is 79.1 Å². The zero-order chi connectivity index (χ0) is 29.7. The molecule has 2 saturated carbocycles. The molecule has 1 aliphatic heterocycles. The fraction of sp³-hybridized carbons (Fsp3) is 0.577. The topological polar surface area (TPSA) is 179 Å². The Hall–Kier alpha value is -2.71. The fourth-order valence-electron chi connectivity index (χ4n) is 5.39. The van der Waals surface area contributed by atoms with Crippen molar-refractivity contribution in [1.82, 2.24) is 24.8 Å². The molecule has 1 saturated heterocycles. The molecule has 16 heteroatoms. The van der Waals surface area contributed by atoms with Crippen LogP contribution in [-0.2, 0) is 23.4 Å². The summed E-state index contributed by atoms with van der Waals surface area (Å²) in [6.07, 6.45) is 1.89. The molecule has 2 aliphatic carbocycles. The third kappa shape index (κ3) is 5.52. The van der Waals surface area contributed by atoms with Gasteiger partial charge in [0.2, 0.25) is 0 Å². The van der Waals surface area contributed by atoms with E-state index in [0.717, 1.165) is 25.7 Å². The lowest BCUT2D eigenvalue weighted by atomic mass is 9.96. The molecule has 4 N–H and O–H groups in total. The second-order valence-corrected chi connectivity index (χ2v) is 13.2. The highest BCUT2D eigenvalue weighted by atomic mass is 35.5. The molecule has 3 aliphatic rings. The summed E-state index contributed by atoms with van der Waals surface area (Å²) in [7, 11) is -2.82. The molecule has 3 fully saturated rings. The molecule has 0 spiro atoms. The van der Waals surface area contributed by atoms with Crippen molar-refractivity contribution in [3.63, 3.8) is 0 Å². The van der Waals surface area contributed by atoms with Crippen LogP contribution in [0.15, 0.2) is 30.6 Å². The summed E-state index contributed by atoms with van der Waals surface area (Å²) in [5, 5.41) is 32.4. The van der Waals surface area contributed by atoms with Gasteiger partial charge in [-0.2, -0.15) is 5.09 Å². The molecule has 0 bridgehead atoms. The van der Waals surface area contributed by atoms with Crippen LogP contribution in [0.4, 0.5) is 0 Å². The van der Waals surface area contributed by atoms with Crippen LogP contribution in [0, 0.1) is 0 Å². The number of carbonyl (C=O) groups excluding carboxylic acids is 1. The molecule has 0 amide bonds. The van der Waals surface area contributed by atoms with Gasteiger partial charge in [0.25, 0.3) is 5.88 Å². The monoisotopic (exact) mass is 625 g/mol. The van der Waals surface area contributed by atoms with Crippen LogP contribution < -0.4 is 14.3 Å². The third-order valence-corrected chi connectivity index (χ3v) is 9.87. The molecule has 42 heavy (non-hydrogen) atoms. The van der Waals surface area contributed by atoms with Crippen LogP contribution in [0.3, 0.4) is 0 Å². The van der Waals surface area contributed by atoms with Crippen molar-refractivity contribution in [2.75, 3.05) is 13.7 Å². The van der Waals surface area contributed by atoms with E-state index in [4.69, 9.17) is 34.9 Å². The van der Waals surface area contributed by atoms with Crippen molar-refractivity contribution in [2.24, 2.45) is 0 Å². The maximum absolute atomic E-state index is 14.2. The minimum absolute atomic E-state index is 0.167. The van der Waals surface area contributed by atoms with Crippen LogP contribution in [0.1, 0.15) is 51.7 Å². The minimum Gasteiger partial charge on any atom is -0.478 e. The Morgan fingerprint density at radius 2 is 2.00 bits per heavy atom. The Kier molecular flexibility index (Phi) is 7.75. The van der Waals surface area contributed by atoms with Gasteiger partial charge in [-0.1, -0.05) is 11.6 Å². The smallest absolute Gasteiger partial charge is 0.459 e. The van der Waals surface area contributed by atoms with Crippen molar-refractivity contribution < 1.29 is 42.8 Å². The second-order valence-electron chi connectivity index (χ2n) is 11.1. The molecule has 5 atom stereocenters. The number of H-pyrrole nitrogens is 1. The van der Waals surface area contributed by atoms with Gasteiger partial charge in [0.05, 0.1) is 20.0 Å². The lowest BCUT2D eigenvalue weighted by Gasteiger charge is -2.27. The molecular formula is C26H33ClN5O9P. The minimum atomic E-state index is -4.27. The number of aliphatic hydroxyl groups is 2. The van der Waals surface area contributed by atoms with Crippen LogP contribution in [0.2, 0.25) is 5.02 Å². The summed E-state index contributed by atoms with van der Waals surface area (Å²) in [6, 6.07) is 6.15. The fourth-order valence-corrected chi connectivity index (χ4v) is 7.26. The largest absolute Gasteiger partial charge is 0.478 e. The Bertz CT molecular complexity index is 1480. The highest BCUT2D eigenvalue weighted by Crippen LogP contribution is 2.53. The first-order valence-electron chi connectivity index (χ1n) is 13.7. The van der Waals surface area contributed by atoms with Gasteiger partial charge in [-0.25, -0.2) is 9.55 Å². The molecular weight excluding hydrogens is 593 g/mol. The lowest BCUT2D eigenvalue weighted by Crippen LogP contribution is -2.45. The summed E-state index contributed by atoms with van der Waals surface area (Å²) in [5.74, 6) is -0.0622. The number of nitrogens with zero attached hydrogens (tertiary/aromatic N) is 3. The van der Waals surface area contributed by atoms with Crippen molar-refractivity contribution >= 4 is 36.5 Å². The Morgan fingerprint density at radius 1 is 1.29 bits per heavy atom. The predicted molar refractivity (Wildman–Crippen MR) is 148 cm³/mol. The Morgan fingerprint density at radius 3 is 2.67 bits per heavy atom. The SMILES string of the molecule is COc1n[nH]c2c1ncn2C1OC(COP(=O)(NC2(C(=O)OC3CCCC3)CC2)Oc2ccc(Cl)cc2)[C@@H](O)[C@@]1(C)O. The van der Waals surface area contributed by atoms with Crippen molar-refractivity contribution in [3.8, 4) is 11.6 Å². The first-order valence-corrected chi connectivity index (χ1v) is 15.7. The first-order chi connectivity index (χ1) is 20.0. The number of carbonyl (C=O) groups is 1. The predicted octanol–water partition coefficient (Wildman–Crippen LogP) is 3.24. The molecule has 3 heterocycles. The number of aromatic amines is 1. The number of aliphatic hydroxyl groups excluding tert-OH is 1. The van der Waals surface area contributed by atoms with E-state index >= 15 is 0 Å². The second kappa shape index (κ2) is 11.1. The van der Waals surface area contributed by atoms with E-state index in [1.54, 1.807) is 12.1 Å². The maximum Gasteiger partial charge on any atom is 0.459 e. The number of ether oxygens (including phenoxy) is 3. The van der Waals surface area contributed by atoms with Crippen LogP contribution in [0.25, 0.3) is 11.2 Å². The number of methoxy groups -OCH3 is 1. The number of aromatic nitrogens is 4. The first kappa shape index (κ1) is 29.4. The van der Waals surface area contributed by atoms with Gasteiger partial charge in [-0.15, -0.1) is 5.10 Å². The van der Waals surface area contributed by atoms with Gasteiger partial charge in [0.1, 0.15) is 35.2 Å². The number of benzene rings is 1. The normalized spacial score (nSPS) is 28.5. The number of imidazole rings is 1. The molecule has 6 rings (SSSR count). The number of hydrogen-bond donors (Lipinski definition) is 4.